The number of ether oxygens (including phenoxy) is 5. The van der Waals surface area contributed by atoms with Crippen LogP contribution in [-0.4, -0.2) is 45.9 Å². The van der Waals surface area contributed by atoms with E-state index in [4.69, 9.17) is 46.9 Å². The molecule has 0 aliphatic heterocycles. The zero-order valence-corrected chi connectivity index (χ0v) is 20.9. The standard InChI is InChI=1S/C24H38Cl2O5/c1-5-11-29-23(30-12-6-2)18-27-13-8-9-14-31-24-19(4)16-21(17-20(24)7-3)28-15-10-22(25)26/h10,16-17,23H,5-9,11-15,18H2,1-4H3. The SMILES string of the molecule is CCCOC(COCCCCOc1c(C)cc(OCC=C(Cl)Cl)cc1CC)OCCC. The van der Waals surface area contributed by atoms with Gasteiger partial charge in [0.2, 0.25) is 0 Å². The summed E-state index contributed by atoms with van der Waals surface area (Å²) in [4.78, 5) is 0. The van der Waals surface area contributed by atoms with E-state index >= 15 is 0 Å². The molecule has 178 valence electrons. The van der Waals surface area contributed by atoms with E-state index in [1.54, 1.807) is 6.08 Å². The van der Waals surface area contributed by atoms with E-state index in [2.05, 4.69) is 20.8 Å². The highest BCUT2D eigenvalue weighted by atomic mass is 35.5. The minimum absolute atomic E-state index is 0.203. The van der Waals surface area contributed by atoms with E-state index < -0.39 is 0 Å². The van der Waals surface area contributed by atoms with Gasteiger partial charge < -0.3 is 23.7 Å². The minimum Gasteiger partial charge on any atom is -0.493 e. The summed E-state index contributed by atoms with van der Waals surface area (Å²) in [6.07, 6.45) is 5.97. The van der Waals surface area contributed by atoms with Crippen LogP contribution in [0.1, 0.15) is 57.6 Å². The van der Waals surface area contributed by atoms with Crippen molar-refractivity contribution in [2.45, 2.75) is 66.1 Å². The monoisotopic (exact) mass is 476 g/mol. The van der Waals surface area contributed by atoms with Crippen LogP contribution in [0.3, 0.4) is 0 Å². The molecule has 0 unspecified atom stereocenters. The fraction of sp³-hybridized carbons (Fsp3) is 0.667. The Morgan fingerprint density at radius 2 is 1.61 bits per heavy atom. The molecule has 0 radical (unpaired) electrons. The average molecular weight is 477 g/mol. The Hall–Kier alpha value is -0.980. The molecule has 0 heterocycles. The lowest BCUT2D eigenvalue weighted by Crippen LogP contribution is -2.24. The normalized spacial score (nSPS) is 11.1. The summed E-state index contributed by atoms with van der Waals surface area (Å²) in [6, 6.07) is 3.98. The van der Waals surface area contributed by atoms with Crippen molar-refractivity contribution in [1.82, 2.24) is 0 Å². The number of unbranched alkanes of at least 4 members (excludes halogenated alkanes) is 1. The van der Waals surface area contributed by atoms with Gasteiger partial charge in [0.05, 0.1) is 13.2 Å². The first-order valence-electron chi connectivity index (χ1n) is 11.2. The summed E-state index contributed by atoms with van der Waals surface area (Å²) < 4.78 is 29.0. The molecule has 0 saturated heterocycles. The lowest BCUT2D eigenvalue weighted by atomic mass is 10.1. The summed E-state index contributed by atoms with van der Waals surface area (Å²) in [5.74, 6) is 1.72. The van der Waals surface area contributed by atoms with Crippen LogP contribution in [0.25, 0.3) is 0 Å². The molecule has 0 amide bonds. The van der Waals surface area contributed by atoms with E-state index in [1.165, 1.54) is 0 Å². The van der Waals surface area contributed by atoms with Crippen LogP contribution in [-0.2, 0) is 20.6 Å². The fourth-order valence-electron chi connectivity index (χ4n) is 2.87. The number of aryl methyl sites for hydroxylation is 2. The summed E-state index contributed by atoms with van der Waals surface area (Å²) in [7, 11) is 0. The van der Waals surface area contributed by atoms with Crippen molar-refractivity contribution in [3.8, 4) is 11.5 Å². The van der Waals surface area contributed by atoms with E-state index in [0.29, 0.717) is 39.6 Å². The van der Waals surface area contributed by atoms with Crippen molar-refractivity contribution in [1.29, 1.82) is 0 Å². The maximum absolute atomic E-state index is 6.08. The average Bonchev–Trinajstić information content (AvgIpc) is 2.74. The predicted molar refractivity (Wildman–Crippen MR) is 128 cm³/mol. The second-order valence-corrected chi connectivity index (χ2v) is 8.20. The first-order chi connectivity index (χ1) is 15.0. The molecule has 0 saturated carbocycles. The quantitative estimate of drug-likeness (QED) is 0.176. The first-order valence-corrected chi connectivity index (χ1v) is 12.0. The van der Waals surface area contributed by atoms with E-state index in [0.717, 1.165) is 54.7 Å². The van der Waals surface area contributed by atoms with Gasteiger partial charge in [0.1, 0.15) is 22.6 Å². The van der Waals surface area contributed by atoms with Crippen LogP contribution >= 0.6 is 23.2 Å². The number of hydrogen-bond acceptors (Lipinski definition) is 5. The molecule has 1 aromatic rings. The molecule has 0 spiro atoms. The van der Waals surface area contributed by atoms with Crippen molar-refractivity contribution in [3.63, 3.8) is 0 Å². The Kier molecular flexibility index (Phi) is 15.9. The Balaban J connectivity index is 2.37. The zero-order valence-electron chi connectivity index (χ0n) is 19.4. The molecule has 0 aromatic heterocycles. The molecule has 0 bridgehead atoms. The smallest absolute Gasteiger partial charge is 0.180 e. The summed E-state index contributed by atoms with van der Waals surface area (Å²) in [5, 5.41) is 0. The Bertz CT molecular complexity index is 625. The van der Waals surface area contributed by atoms with Crippen LogP contribution in [0.5, 0.6) is 11.5 Å². The lowest BCUT2D eigenvalue weighted by Gasteiger charge is -2.18. The number of hydrogen-bond donors (Lipinski definition) is 0. The summed E-state index contributed by atoms with van der Waals surface area (Å²) >= 11 is 11.2. The maximum atomic E-state index is 6.08. The third-order valence-electron chi connectivity index (χ3n) is 4.39. The van der Waals surface area contributed by atoms with Crippen molar-refractivity contribution in [2.75, 3.05) is 39.6 Å². The molecule has 5 nitrogen and oxygen atoms in total. The molecular weight excluding hydrogens is 439 g/mol. The second kappa shape index (κ2) is 17.6. The van der Waals surface area contributed by atoms with Crippen molar-refractivity contribution < 1.29 is 23.7 Å². The van der Waals surface area contributed by atoms with Gasteiger partial charge >= 0.3 is 0 Å². The second-order valence-electron chi connectivity index (χ2n) is 7.19. The van der Waals surface area contributed by atoms with E-state index in [1.807, 2.05) is 19.1 Å². The molecule has 31 heavy (non-hydrogen) atoms. The van der Waals surface area contributed by atoms with Crippen molar-refractivity contribution in [2.24, 2.45) is 0 Å². The summed E-state index contributed by atoms with van der Waals surface area (Å²) in [5.41, 5.74) is 2.17. The van der Waals surface area contributed by atoms with Crippen LogP contribution in [0.4, 0.5) is 0 Å². The maximum Gasteiger partial charge on any atom is 0.180 e. The van der Waals surface area contributed by atoms with E-state index in [9.17, 15) is 0 Å². The molecule has 1 rings (SSSR count). The molecule has 0 atom stereocenters. The lowest BCUT2D eigenvalue weighted by molar-refractivity contribution is -0.172. The minimum atomic E-state index is -0.275. The topological polar surface area (TPSA) is 46.2 Å². The molecule has 1 aromatic carbocycles. The molecule has 7 heteroatoms. The Morgan fingerprint density at radius 1 is 0.935 bits per heavy atom. The van der Waals surface area contributed by atoms with Gasteiger partial charge in [-0.2, -0.15) is 0 Å². The van der Waals surface area contributed by atoms with Gasteiger partial charge in [-0.25, -0.2) is 0 Å². The third-order valence-corrected chi connectivity index (χ3v) is 4.70. The summed E-state index contributed by atoms with van der Waals surface area (Å²) in [6.45, 7) is 11.8. The van der Waals surface area contributed by atoms with Gasteiger partial charge in [-0.1, -0.05) is 44.0 Å². The van der Waals surface area contributed by atoms with Crippen LogP contribution in [0, 0.1) is 6.92 Å². The van der Waals surface area contributed by atoms with Gasteiger partial charge in [-0.15, -0.1) is 0 Å². The first kappa shape index (κ1) is 28.1. The van der Waals surface area contributed by atoms with E-state index in [-0.39, 0.29) is 10.8 Å². The zero-order chi connectivity index (χ0) is 22.9. The molecule has 0 fully saturated rings. The van der Waals surface area contributed by atoms with Gasteiger partial charge in [0.15, 0.2) is 6.29 Å². The number of rotatable bonds is 18. The van der Waals surface area contributed by atoms with Gasteiger partial charge in [0, 0.05) is 19.8 Å². The van der Waals surface area contributed by atoms with Crippen LogP contribution in [0.15, 0.2) is 22.7 Å². The largest absolute Gasteiger partial charge is 0.493 e. The van der Waals surface area contributed by atoms with Gasteiger partial charge in [-0.3, -0.25) is 0 Å². The predicted octanol–water partition coefficient (Wildman–Crippen LogP) is 6.61. The fourth-order valence-corrected chi connectivity index (χ4v) is 2.99. The number of halogens is 2. The number of benzene rings is 1. The van der Waals surface area contributed by atoms with Crippen molar-refractivity contribution in [3.05, 3.63) is 33.8 Å². The highest BCUT2D eigenvalue weighted by Gasteiger charge is 2.11. The molecule has 0 aliphatic carbocycles. The van der Waals surface area contributed by atoms with Gasteiger partial charge in [-0.05, 0) is 68.4 Å². The van der Waals surface area contributed by atoms with Gasteiger partial charge in [0.25, 0.3) is 0 Å². The third kappa shape index (κ3) is 12.6. The Morgan fingerprint density at radius 3 is 2.23 bits per heavy atom. The highest BCUT2D eigenvalue weighted by molar-refractivity contribution is 6.55. The molecular formula is C24H38Cl2O5. The molecule has 0 N–H and O–H groups in total. The van der Waals surface area contributed by atoms with Crippen LogP contribution < -0.4 is 9.47 Å². The highest BCUT2D eigenvalue weighted by Crippen LogP contribution is 2.30. The Labute approximate surface area is 197 Å². The van der Waals surface area contributed by atoms with Crippen LogP contribution in [0.2, 0.25) is 0 Å². The van der Waals surface area contributed by atoms with Crippen molar-refractivity contribution >= 4 is 23.2 Å². The molecule has 0 aliphatic rings.